The smallest absolute Gasteiger partial charge is 0.182 e. The Bertz CT molecular complexity index is 422. The van der Waals surface area contributed by atoms with Gasteiger partial charge in [0.25, 0.3) is 0 Å². The van der Waals surface area contributed by atoms with Crippen molar-refractivity contribution in [2.45, 2.75) is 13.3 Å². The minimum atomic E-state index is 0.174. The second kappa shape index (κ2) is 5.04. The highest BCUT2D eigenvalue weighted by molar-refractivity contribution is 5.97. The zero-order valence-electron chi connectivity index (χ0n) is 10.4. The summed E-state index contributed by atoms with van der Waals surface area (Å²) in [6.45, 7) is 3.35. The molecule has 17 heavy (non-hydrogen) atoms. The van der Waals surface area contributed by atoms with E-state index in [1.165, 1.54) is 5.56 Å². The SMILES string of the molecule is CCc1ccc(C(=O)CN2C=CN(C)C2)cc1. The fourth-order valence-electron chi connectivity index (χ4n) is 1.89. The van der Waals surface area contributed by atoms with Gasteiger partial charge in [0, 0.05) is 25.0 Å². The predicted octanol–water partition coefficient (Wildman–Crippen LogP) is 2.11. The van der Waals surface area contributed by atoms with Crippen molar-refractivity contribution in [1.29, 1.82) is 0 Å². The fourth-order valence-corrected chi connectivity index (χ4v) is 1.89. The molecule has 0 N–H and O–H groups in total. The summed E-state index contributed by atoms with van der Waals surface area (Å²) in [6.07, 6.45) is 4.94. The minimum absolute atomic E-state index is 0.174. The first-order valence-corrected chi connectivity index (χ1v) is 5.94. The van der Waals surface area contributed by atoms with Crippen LogP contribution < -0.4 is 0 Å². The number of benzene rings is 1. The Morgan fingerprint density at radius 1 is 1.24 bits per heavy atom. The van der Waals surface area contributed by atoms with Crippen LogP contribution in [0.2, 0.25) is 0 Å². The largest absolute Gasteiger partial charge is 0.362 e. The molecule has 0 radical (unpaired) electrons. The number of nitrogens with zero attached hydrogens (tertiary/aromatic N) is 2. The van der Waals surface area contributed by atoms with Crippen LogP contribution in [-0.4, -0.2) is 35.8 Å². The Hall–Kier alpha value is -1.77. The average Bonchev–Trinajstić information content (AvgIpc) is 2.75. The molecular formula is C14H18N2O. The second-order valence-electron chi connectivity index (χ2n) is 4.42. The van der Waals surface area contributed by atoms with Crippen LogP contribution in [0.5, 0.6) is 0 Å². The summed E-state index contributed by atoms with van der Waals surface area (Å²) in [5.74, 6) is 0.174. The molecule has 1 aromatic carbocycles. The Labute approximate surface area is 102 Å². The van der Waals surface area contributed by atoms with Crippen molar-refractivity contribution in [2.24, 2.45) is 0 Å². The summed E-state index contributed by atoms with van der Waals surface area (Å²) in [4.78, 5) is 16.1. The maximum Gasteiger partial charge on any atom is 0.182 e. The zero-order valence-corrected chi connectivity index (χ0v) is 10.4. The van der Waals surface area contributed by atoms with Crippen LogP contribution in [0.25, 0.3) is 0 Å². The van der Waals surface area contributed by atoms with Crippen LogP contribution in [0.15, 0.2) is 36.7 Å². The molecule has 90 valence electrons. The molecule has 0 amide bonds. The molecule has 0 unspecified atom stereocenters. The van der Waals surface area contributed by atoms with Crippen molar-refractivity contribution in [1.82, 2.24) is 9.80 Å². The lowest BCUT2D eigenvalue weighted by molar-refractivity contribution is 0.0948. The lowest BCUT2D eigenvalue weighted by Crippen LogP contribution is -2.28. The van der Waals surface area contributed by atoms with Gasteiger partial charge in [0.2, 0.25) is 0 Å². The van der Waals surface area contributed by atoms with Crippen molar-refractivity contribution in [3.8, 4) is 0 Å². The molecule has 0 atom stereocenters. The second-order valence-corrected chi connectivity index (χ2v) is 4.42. The highest BCUT2D eigenvalue weighted by atomic mass is 16.1. The van der Waals surface area contributed by atoms with Gasteiger partial charge in [-0.1, -0.05) is 31.2 Å². The van der Waals surface area contributed by atoms with Crippen LogP contribution in [0.3, 0.4) is 0 Å². The van der Waals surface area contributed by atoms with E-state index in [1.54, 1.807) is 0 Å². The van der Waals surface area contributed by atoms with Crippen molar-refractivity contribution in [3.05, 3.63) is 47.8 Å². The average molecular weight is 230 g/mol. The van der Waals surface area contributed by atoms with Crippen molar-refractivity contribution < 1.29 is 4.79 Å². The molecule has 0 spiro atoms. The van der Waals surface area contributed by atoms with Gasteiger partial charge in [0.15, 0.2) is 5.78 Å². The van der Waals surface area contributed by atoms with Gasteiger partial charge in [0.05, 0.1) is 13.2 Å². The van der Waals surface area contributed by atoms with Crippen LogP contribution in [-0.2, 0) is 6.42 Å². The van der Waals surface area contributed by atoms with Gasteiger partial charge in [-0.25, -0.2) is 0 Å². The molecular weight excluding hydrogens is 212 g/mol. The summed E-state index contributed by atoms with van der Waals surface area (Å²) < 4.78 is 0. The standard InChI is InChI=1S/C14H18N2O/c1-3-12-4-6-13(7-5-12)14(17)10-16-9-8-15(2)11-16/h4-9H,3,10-11H2,1-2H3. The zero-order chi connectivity index (χ0) is 12.3. The predicted molar refractivity (Wildman–Crippen MR) is 68.6 cm³/mol. The molecule has 1 heterocycles. The van der Waals surface area contributed by atoms with E-state index in [9.17, 15) is 4.79 Å². The summed E-state index contributed by atoms with van der Waals surface area (Å²) in [5.41, 5.74) is 2.06. The van der Waals surface area contributed by atoms with Crippen LogP contribution >= 0.6 is 0 Å². The summed E-state index contributed by atoms with van der Waals surface area (Å²) >= 11 is 0. The number of rotatable bonds is 4. The van der Waals surface area contributed by atoms with Crippen molar-refractivity contribution in [3.63, 3.8) is 0 Å². The van der Waals surface area contributed by atoms with E-state index in [0.717, 1.165) is 18.7 Å². The number of Topliss-reactive ketones (excluding diaryl/α,β-unsaturated/α-hetero) is 1. The van der Waals surface area contributed by atoms with E-state index in [4.69, 9.17) is 0 Å². The fraction of sp³-hybridized carbons (Fsp3) is 0.357. The van der Waals surface area contributed by atoms with Gasteiger partial charge in [0.1, 0.15) is 0 Å². The molecule has 3 heteroatoms. The Morgan fingerprint density at radius 3 is 2.47 bits per heavy atom. The molecule has 0 aliphatic carbocycles. The maximum atomic E-state index is 12.0. The number of carbonyl (C=O) groups excluding carboxylic acids is 1. The van der Waals surface area contributed by atoms with Gasteiger partial charge < -0.3 is 9.80 Å². The lowest BCUT2D eigenvalue weighted by Gasteiger charge is -2.17. The van der Waals surface area contributed by atoms with E-state index < -0.39 is 0 Å². The number of ketones is 1. The lowest BCUT2D eigenvalue weighted by atomic mass is 10.1. The third kappa shape index (κ3) is 2.87. The molecule has 0 bridgehead atoms. The molecule has 0 saturated heterocycles. The first kappa shape index (κ1) is 11.7. The first-order valence-electron chi connectivity index (χ1n) is 5.94. The number of carbonyl (C=O) groups is 1. The summed E-state index contributed by atoms with van der Waals surface area (Å²) in [5, 5.41) is 0. The maximum absolute atomic E-state index is 12.0. The van der Waals surface area contributed by atoms with Crippen molar-refractivity contribution in [2.75, 3.05) is 20.3 Å². The van der Waals surface area contributed by atoms with Gasteiger partial charge in [-0.15, -0.1) is 0 Å². The van der Waals surface area contributed by atoms with E-state index in [2.05, 4.69) is 6.92 Å². The highest BCUT2D eigenvalue weighted by Gasteiger charge is 2.13. The Kier molecular flexibility index (Phi) is 3.47. The summed E-state index contributed by atoms with van der Waals surface area (Å²) in [7, 11) is 2.00. The molecule has 1 aliphatic rings. The highest BCUT2D eigenvalue weighted by Crippen LogP contribution is 2.09. The molecule has 0 aromatic heterocycles. The third-order valence-electron chi connectivity index (χ3n) is 2.97. The molecule has 1 aliphatic heterocycles. The normalized spacial score (nSPS) is 14.5. The van der Waals surface area contributed by atoms with Gasteiger partial charge in [-0.3, -0.25) is 4.79 Å². The van der Waals surface area contributed by atoms with Crippen LogP contribution in [0.1, 0.15) is 22.8 Å². The number of hydrogen-bond acceptors (Lipinski definition) is 3. The van der Waals surface area contributed by atoms with Crippen LogP contribution in [0.4, 0.5) is 0 Å². The van der Waals surface area contributed by atoms with Gasteiger partial charge >= 0.3 is 0 Å². The molecule has 1 aromatic rings. The summed E-state index contributed by atoms with van der Waals surface area (Å²) in [6, 6.07) is 7.90. The molecule has 3 nitrogen and oxygen atoms in total. The minimum Gasteiger partial charge on any atom is -0.362 e. The first-order chi connectivity index (χ1) is 8.19. The Morgan fingerprint density at radius 2 is 1.94 bits per heavy atom. The monoisotopic (exact) mass is 230 g/mol. The third-order valence-corrected chi connectivity index (χ3v) is 2.97. The van der Waals surface area contributed by atoms with Gasteiger partial charge in [-0.2, -0.15) is 0 Å². The molecule has 2 rings (SSSR count). The number of aryl methyl sites for hydroxylation is 1. The van der Waals surface area contributed by atoms with Crippen molar-refractivity contribution >= 4 is 5.78 Å². The topological polar surface area (TPSA) is 23.6 Å². The molecule has 0 fully saturated rings. The molecule has 0 saturated carbocycles. The van der Waals surface area contributed by atoms with E-state index in [-0.39, 0.29) is 5.78 Å². The van der Waals surface area contributed by atoms with E-state index >= 15 is 0 Å². The van der Waals surface area contributed by atoms with E-state index in [1.807, 2.05) is 53.5 Å². The van der Waals surface area contributed by atoms with Crippen LogP contribution in [0, 0.1) is 0 Å². The quantitative estimate of drug-likeness (QED) is 0.740. The Balaban J connectivity index is 1.97. The van der Waals surface area contributed by atoms with E-state index in [0.29, 0.717) is 6.54 Å². The van der Waals surface area contributed by atoms with Gasteiger partial charge in [-0.05, 0) is 12.0 Å². The number of hydrogen-bond donors (Lipinski definition) is 0.